The van der Waals surface area contributed by atoms with E-state index in [0.717, 1.165) is 4.31 Å². The molecule has 9 heteroatoms. The molecule has 0 aromatic heterocycles. The van der Waals surface area contributed by atoms with E-state index in [1.165, 1.54) is 26.4 Å². The Morgan fingerprint density at radius 2 is 1.76 bits per heavy atom. The molecule has 0 atom stereocenters. The minimum absolute atomic E-state index is 0.0589. The zero-order valence-electron chi connectivity index (χ0n) is 11.9. The second-order valence-corrected chi connectivity index (χ2v) is 6.49. The van der Waals surface area contributed by atoms with E-state index < -0.39 is 20.7 Å². The molecule has 1 rings (SSSR count). The molecule has 0 heterocycles. The van der Waals surface area contributed by atoms with Crippen LogP contribution in [-0.4, -0.2) is 58.4 Å². The Bertz CT molecular complexity index is 571. The first-order chi connectivity index (χ1) is 9.86. The second-order valence-electron chi connectivity index (χ2n) is 4.20. The Labute approximate surface area is 129 Å². The highest BCUT2D eigenvalue weighted by Gasteiger charge is 2.30. The molecule has 0 aliphatic rings. The van der Waals surface area contributed by atoms with Crippen molar-refractivity contribution < 1.29 is 23.0 Å². The minimum Gasteiger partial charge on any atom is -0.504 e. The van der Waals surface area contributed by atoms with Gasteiger partial charge in [0.25, 0.3) is 0 Å². The Morgan fingerprint density at radius 3 is 2.24 bits per heavy atom. The van der Waals surface area contributed by atoms with Gasteiger partial charge in [-0.25, -0.2) is 8.42 Å². The van der Waals surface area contributed by atoms with Crippen molar-refractivity contribution in [2.24, 2.45) is 0 Å². The highest BCUT2D eigenvalue weighted by molar-refractivity contribution is 7.89. The molecule has 1 aromatic carbocycles. The van der Waals surface area contributed by atoms with Crippen LogP contribution < -0.4 is 5.73 Å². The van der Waals surface area contributed by atoms with Crippen molar-refractivity contribution >= 4 is 27.3 Å². The number of nitrogen functional groups attached to an aromatic ring is 1. The van der Waals surface area contributed by atoms with Crippen molar-refractivity contribution in [2.45, 2.75) is 4.90 Å². The monoisotopic (exact) mass is 338 g/mol. The molecular weight excluding hydrogens is 320 g/mol. The summed E-state index contributed by atoms with van der Waals surface area (Å²) in [5, 5.41) is 9.84. The van der Waals surface area contributed by atoms with Crippen molar-refractivity contribution in [3.8, 4) is 5.75 Å². The zero-order chi connectivity index (χ0) is 16.0. The summed E-state index contributed by atoms with van der Waals surface area (Å²) in [5.74, 6) is -0.553. The fourth-order valence-corrected chi connectivity index (χ4v) is 3.68. The van der Waals surface area contributed by atoms with Gasteiger partial charge in [0.1, 0.15) is 4.90 Å². The number of aromatic hydroxyl groups is 1. The summed E-state index contributed by atoms with van der Waals surface area (Å²) in [7, 11) is -1.09. The fourth-order valence-electron chi connectivity index (χ4n) is 1.67. The zero-order valence-corrected chi connectivity index (χ0v) is 13.4. The number of hydrogen-bond acceptors (Lipinski definition) is 6. The smallest absolute Gasteiger partial charge is 0.248 e. The number of nitrogens with zero attached hydrogens (tertiary/aromatic N) is 1. The van der Waals surface area contributed by atoms with E-state index in [1.807, 2.05) is 0 Å². The molecule has 0 saturated carbocycles. The topological polar surface area (TPSA) is 102 Å². The normalized spacial score (nSPS) is 12.0. The lowest BCUT2D eigenvalue weighted by molar-refractivity contribution is 0.150. The van der Waals surface area contributed by atoms with E-state index in [0.29, 0.717) is 0 Å². The first kappa shape index (κ1) is 18.0. The quantitative estimate of drug-likeness (QED) is 0.539. The summed E-state index contributed by atoms with van der Waals surface area (Å²) in [6.45, 7) is 0.604. The van der Waals surface area contributed by atoms with E-state index >= 15 is 0 Å². The van der Waals surface area contributed by atoms with Gasteiger partial charge in [-0.2, -0.15) is 4.31 Å². The Kier molecular flexibility index (Phi) is 6.69. The van der Waals surface area contributed by atoms with Crippen molar-refractivity contribution in [3.05, 3.63) is 17.2 Å². The van der Waals surface area contributed by atoms with E-state index in [1.54, 1.807) is 0 Å². The number of methoxy groups -OCH3 is 2. The maximum absolute atomic E-state index is 12.7. The maximum Gasteiger partial charge on any atom is 0.248 e. The Balaban J connectivity index is 3.25. The van der Waals surface area contributed by atoms with Gasteiger partial charge < -0.3 is 20.3 Å². The summed E-state index contributed by atoms with van der Waals surface area (Å²) >= 11 is 5.91. The number of halogens is 1. The maximum atomic E-state index is 12.7. The number of hydrogen-bond donors (Lipinski definition) is 2. The van der Waals surface area contributed by atoms with Gasteiger partial charge >= 0.3 is 0 Å². The van der Waals surface area contributed by atoms with Gasteiger partial charge in [-0.15, -0.1) is 0 Å². The van der Waals surface area contributed by atoms with Crippen LogP contribution in [0, 0.1) is 0 Å². The van der Waals surface area contributed by atoms with Gasteiger partial charge in [-0.05, 0) is 12.1 Å². The molecule has 3 N–H and O–H groups in total. The third-order valence-corrected chi connectivity index (χ3v) is 5.20. The van der Waals surface area contributed by atoms with Gasteiger partial charge in [0.15, 0.2) is 5.75 Å². The molecule has 1 aromatic rings. The predicted molar refractivity (Wildman–Crippen MR) is 80.0 cm³/mol. The molecule has 0 aliphatic heterocycles. The van der Waals surface area contributed by atoms with Crippen molar-refractivity contribution in [1.82, 2.24) is 4.31 Å². The van der Waals surface area contributed by atoms with Crippen LogP contribution >= 0.6 is 11.6 Å². The number of nitrogens with two attached hydrogens (primary N) is 1. The molecule has 0 saturated heterocycles. The van der Waals surface area contributed by atoms with E-state index in [2.05, 4.69) is 0 Å². The van der Waals surface area contributed by atoms with E-state index in [4.69, 9.17) is 26.8 Å². The summed E-state index contributed by atoms with van der Waals surface area (Å²) in [5.41, 5.74) is 5.49. The Hall–Kier alpha value is -1.06. The molecule has 0 amide bonds. The molecule has 0 spiro atoms. The van der Waals surface area contributed by atoms with Crippen LogP contribution in [-0.2, 0) is 19.5 Å². The average molecular weight is 339 g/mol. The summed E-state index contributed by atoms with van der Waals surface area (Å²) < 4.78 is 36.2. The lowest BCUT2D eigenvalue weighted by Crippen LogP contribution is -2.36. The molecule has 0 bridgehead atoms. The highest BCUT2D eigenvalue weighted by atomic mass is 35.5. The summed E-state index contributed by atoms with van der Waals surface area (Å²) in [6.07, 6.45) is 0. The fraction of sp³-hybridized carbons (Fsp3) is 0.500. The highest BCUT2D eigenvalue weighted by Crippen LogP contribution is 2.36. The minimum atomic E-state index is -4.02. The molecule has 120 valence electrons. The Morgan fingerprint density at radius 1 is 1.24 bits per heavy atom. The average Bonchev–Trinajstić information content (AvgIpc) is 2.43. The lowest BCUT2D eigenvalue weighted by atomic mass is 10.3. The molecule has 0 fully saturated rings. The number of phenolic OH excluding ortho intramolecular Hbond substituents is 1. The van der Waals surface area contributed by atoms with Crippen LogP contribution in [0.1, 0.15) is 0 Å². The van der Waals surface area contributed by atoms with Gasteiger partial charge in [-0.3, -0.25) is 0 Å². The predicted octanol–water partition coefficient (Wildman–Crippen LogP) is 0.911. The molecular formula is C12H19ClN2O5S. The summed E-state index contributed by atoms with van der Waals surface area (Å²) in [4.78, 5) is -0.406. The SMILES string of the molecule is COCCN(CCOC)S(=O)(=O)c1c(Cl)ccc(N)c1O. The third-order valence-electron chi connectivity index (χ3n) is 2.80. The van der Waals surface area contributed by atoms with Gasteiger partial charge in [0, 0.05) is 27.3 Å². The van der Waals surface area contributed by atoms with Crippen LogP contribution in [0.15, 0.2) is 17.0 Å². The molecule has 7 nitrogen and oxygen atoms in total. The first-order valence-electron chi connectivity index (χ1n) is 6.11. The molecule has 21 heavy (non-hydrogen) atoms. The number of ether oxygens (including phenoxy) is 2. The molecule has 0 radical (unpaired) electrons. The third kappa shape index (κ3) is 4.21. The van der Waals surface area contributed by atoms with Gasteiger partial charge in [-0.1, -0.05) is 11.6 Å². The number of anilines is 1. The van der Waals surface area contributed by atoms with Crippen molar-refractivity contribution in [3.63, 3.8) is 0 Å². The standard InChI is InChI=1S/C12H19ClN2O5S/c1-19-7-5-15(6-8-20-2)21(17,18)12-9(13)3-4-10(14)11(12)16/h3-4,16H,5-8,14H2,1-2H3. The van der Waals surface area contributed by atoms with Gasteiger partial charge in [0.2, 0.25) is 10.0 Å². The lowest BCUT2D eigenvalue weighted by Gasteiger charge is -2.23. The van der Waals surface area contributed by atoms with Crippen LogP contribution in [0.3, 0.4) is 0 Å². The number of sulfonamides is 1. The van der Waals surface area contributed by atoms with Crippen LogP contribution in [0.2, 0.25) is 5.02 Å². The van der Waals surface area contributed by atoms with Crippen LogP contribution in [0.25, 0.3) is 0 Å². The van der Waals surface area contributed by atoms with Gasteiger partial charge in [0.05, 0.1) is 23.9 Å². The number of benzene rings is 1. The number of rotatable bonds is 8. The van der Waals surface area contributed by atoms with Crippen LogP contribution in [0.4, 0.5) is 5.69 Å². The first-order valence-corrected chi connectivity index (χ1v) is 7.93. The second kappa shape index (κ2) is 7.81. The van der Waals surface area contributed by atoms with Crippen LogP contribution in [0.5, 0.6) is 5.75 Å². The van der Waals surface area contributed by atoms with E-state index in [-0.39, 0.29) is 37.0 Å². The molecule has 0 aliphatic carbocycles. The van der Waals surface area contributed by atoms with Crippen molar-refractivity contribution in [2.75, 3.05) is 46.3 Å². The summed E-state index contributed by atoms with van der Waals surface area (Å²) in [6, 6.07) is 2.67. The largest absolute Gasteiger partial charge is 0.504 e. The number of phenols is 1. The molecule has 0 unspecified atom stereocenters. The van der Waals surface area contributed by atoms with Crippen molar-refractivity contribution in [1.29, 1.82) is 0 Å². The van der Waals surface area contributed by atoms with E-state index in [9.17, 15) is 13.5 Å².